The van der Waals surface area contributed by atoms with Crippen LogP contribution in [0.5, 0.6) is 5.75 Å². The SMILES string of the molecule is COc1ccc(NC(=O)C(c2cccc(C)c2C)N(C(=O)CNC(=O)OC(C)(C)C)C(C)(C)C)cc1. The number of rotatable bonds is 7. The predicted molar refractivity (Wildman–Crippen MR) is 141 cm³/mol. The molecule has 1 unspecified atom stereocenters. The Morgan fingerprint density at radius 1 is 0.944 bits per heavy atom. The summed E-state index contributed by atoms with van der Waals surface area (Å²) in [4.78, 5) is 41.1. The van der Waals surface area contributed by atoms with E-state index in [0.717, 1.165) is 11.1 Å². The van der Waals surface area contributed by atoms with Crippen LogP contribution in [0.3, 0.4) is 0 Å². The summed E-state index contributed by atoms with van der Waals surface area (Å²) in [6, 6.07) is 11.7. The van der Waals surface area contributed by atoms with E-state index in [9.17, 15) is 14.4 Å². The molecule has 2 aromatic rings. The number of alkyl carbamates (subject to hydrolysis) is 1. The quantitative estimate of drug-likeness (QED) is 0.552. The summed E-state index contributed by atoms with van der Waals surface area (Å²) in [6.07, 6.45) is -0.698. The van der Waals surface area contributed by atoms with Crippen LogP contribution in [0.15, 0.2) is 42.5 Å². The van der Waals surface area contributed by atoms with Crippen molar-refractivity contribution in [3.05, 3.63) is 59.2 Å². The number of benzene rings is 2. The van der Waals surface area contributed by atoms with E-state index in [0.29, 0.717) is 17.0 Å². The Bertz CT molecular complexity index is 1080. The Balaban J connectivity index is 2.46. The molecule has 1 atom stereocenters. The van der Waals surface area contributed by atoms with Crippen LogP contribution in [0.1, 0.15) is 64.3 Å². The van der Waals surface area contributed by atoms with Crippen molar-refractivity contribution in [2.45, 2.75) is 72.6 Å². The Hall–Kier alpha value is -3.55. The van der Waals surface area contributed by atoms with Gasteiger partial charge in [0, 0.05) is 11.2 Å². The lowest BCUT2D eigenvalue weighted by Gasteiger charge is -2.42. The van der Waals surface area contributed by atoms with Crippen LogP contribution in [0.2, 0.25) is 0 Å². The molecule has 0 fully saturated rings. The Morgan fingerprint density at radius 3 is 2.08 bits per heavy atom. The molecule has 0 radical (unpaired) electrons. The third-order valence-corrected chi connectivity index (χ3v) is 5.58. The number of carbonyl (C=O) groups excluding carboxylic acids is 3. The lowest BCUT2D eigenvalue weighted by Crippen LogP contribution is -2.54. The van der Waals surface area contributed by atoms with Crippen molar-refractivity contribution in [3.63, 3.8) is 0 Å². The van der Waals surface area contributed by atoms with Crippen molar-refractivity contribution < 1.29 is 23.9 Å². The van der Waals surface area contributed by atoms with Crippen LogP contribution in [0.4, 0.5) is 10.5 Å². The molecule has 0 bridgehead atoms. The highest BCUT2D eigenvalue weighted by molar-refractivity contribution is 5.99. The third kappa shape index (κ3) is 7.73. The van der Waals surface area contributed by atoms with Gasteiger partial charge in [-0.25, -0.2) is 4.79 Å². The van der Waals surface area contributed by atoms with E-state index in [1.807, 2.05) is 52.8 Å². The van der Waals surface area contributed by atoms with Crippen molar-refractivity contribution in [3.8, 4) is 5.75 Å². The maximum atomic E-state index is 13.8. The van der Waals surface area contributed by atoms with Crippen molar-refractivity contribution >= 4 is 23.6 Å². The number of carbonyl (C=O) groups is 3. The molecule has 0 heterocycles. The number of methoxy groups -OCH3 is 1. The van der Waals surface area contributed by atoms with Gasteiger partial charge in [0.1, 0.15) is 23.9 Å². The van der Waals surface area contributed by atoms with Gasteiger partial charge in [0.25, 0.3) is 5.91 Å². The molecule has 0 aliphatic heterocycles. The second-order valence-corrected chi connectivity index (χ2v) is 10.7. The van der Waals surface area contributed by atoms with Crippen LogP contribution in [-0.4, -0.2) is 47.6 Å². The number of hydrogen-bond acceptors (Lipinski definition) is 5. The molecule has 0 aliphatic rings. The highest BCUT2D eigenvalue weighted by Crippen LogP contribution is 2.33. The molecule has 3 amide bonds. The molecule has 0 saturated carbocycles. The average molecular weight is 498 g/mol. The fraction of sp³-hybridized carbons (Fsp3) is 0.464. The van der Waals surface area contributed by atoms with Crippen molar-refractivity contribution in [1.29, 1.82) is 0 Å². The molecule has 0 spiro atoms. The average Bonchev–Trinajstić information content (AvgIpc) is 2.76. The van der Waals surface area contributed by atoms with E-state index in [1.54, 1.807) is 52.1 Å². The van der Waals surface area contributed by atoms with Gasteiger partial charge in [0.05, 0.1) is 7.11 Å². The zero-order valence-corrected chi connectivity index (χ0v) is 22.8. The molecule has 0 saturated heterocycles. The summed E-state index contributed by atoms with van der Waals surface area (Å²) in [6.45, 7) is 14.4. The standard InChI is InChI=1S/C28H39N3O5/c1-18-11-10-12-22(19(18)2)24(25(33)30-20-13-15-21(35-9)16-14-20)31(27(3,4)5)23(32)17-29-26(34)36-28(6,7)8/h10-16,24H,17H2,1-9H3,(H,29,34)(H,30,33). The number of nitrogens with zero attached hydrogens (tertiary/aromatic N) is 1. The van der Waals surface area contributed by atoms with Crippen molar-refractivity contribution in [1.82, 2.24) is 10.2 Å². The first-order chi connectivity index (χ1) is 16.6. The molecule has 8 heteroatoms. The van der Waals surface area contributed by atoms with Gasteiger partial charge in [-0.3, -0.25) is 9.59 Å². The summed E-state index contributed by atoms with van der Waals surface area (Å²) in [7, 11) is 1.57. The third-order valence-electron chi connectivity index (χ3n) is 5.58. The van der Waals surface area contributed by atoms with E-state index < -0.39 is 29.2 Å². The van der Waals surface area contributed by atoms with Crippen LogP contribution in [-0.2, 0) is 14.3 Å². The molecule has 2 rings (SSSR count). The van der Waals surface area contributed by atoms with E-state index in [2.05, 4.69) is 10.6 Å². The number of hydrogen-bond donors (Lipinski definition) is 2. The minimum absolute atomic E-state index is 0.316. The number of ether oxygens (including phenoxy) is 2. The number of nitrogens with one attached hydrogen (secondary N) is 2. The number of aryl methyl sites for hydroxylation is 1. The van der Waals surface area contributed by atoms with Gasteiger partial charge >= 0.3 is 6.09 Å². The molecule has 0 aliphatic carbocycles. The van der Waals surface area contributed by atoms with E-state index >= 15 is 0 Å². The molecule has 36 heavy (non-hydrogen) atoms. The second-order valence-electron chi connectivity index (χ2n) is 10.7. The maximum Gasteiger partial charge on any atom is 0.408 e. The van der Waals surface area contributed by atoms with E-state index in [4.69, 9.17) is 9.47 Å². The molecule has 196 valence electrons. The molecular weight excluding hydrogens is 458 g/mol. The van der Waals surface area contributed by atoms with Gasteiger partial charge in [-0.2, -0.15) is 0 Å². The summed E-state index contributed by atoms with van der Waals surface area (Å²) < 4.78 is 10.5. The molecule has 2 aromatic carbocycles. The van der Waals surface area contributed by atoms with Gasteiger partial charge in [-0.05, 0) is 96.3 Å². The normalized spacial score (nSPS) is 12.4. The minimum Gasteiger partial charge on any atom is -0.497 e. The lowest BCUT2D eigenvalue weighted by atomic mass is 9.92. The van der Waals surface area contributed by atoms with Gasteiger partial charge in [-0.1, -0.05) is 18.2 Å². The van der Waals surface area contributed by atoms with Gasteiger partial charge in [0.15, 0.2) is 0 Å². The highest BCUT2D eigenvalue weighted by atomic mass is 16.6. The molecule has 2 N–H and O–H groups in total. The Labute approximate surface area is 214 Å². The fourth-order valence-electron chi connectivity index (χ4n) is 3.81. The van der Waals surface area contributed by atoms with E-state index in [1.165, 1.54) is 4.90 Å². The van der Waals surface area contributed by atoms with Gasteiger partial charge in [0.2, 0.25) is 5.91 Å². The van der Waals surface area contributed by atoms with Crippen LogP contribution in [0.25, 0.3) is 0 Å². The summed E-state index contributed by atoms with van der Waals surface area (Å²) in [5, 5.41) is 5.47. The first-order valence-electron chi connectivity index (χ1n) is 11.9. The Kier molecular flexibility index (Phi) is 9.13. The number of anilines is 1. The minimum atomic E-state index is -0.945. The highest BCUT2D eigenvalue weighted by Gasteiger charge is 2.39. The molecule has 8 nitrogen and oxygen atoms in total. The second kappa shape index (κ2) is 11.5. The number of amides is 3. The first-order valence-corrected chi connectivity index (χ1v) is 11.9. The lowest BCUT2D eigenvalue weighted by molar-refractivity contribution is -0.144. The Morgan fingerprint density at radius 2 is 1.56 bits per heavy atom. The van der Waals surface area contributed by atoms with Crippen molar-refractivity contribution in [2.75, 3.05) is 19.0 Å². The van der Waals surface area contributed by atoms with Crippen molar-refractivity contribution in [2.24, 2.45) is 0 Å². The summed E-state index contributed by atoms with van der Waals surface area (Å²) >= 11 is 0. The van der Waals surface area contributed by atoms with Gasteiger partial charge < -0.3 is 25.0 Å². The van der Waals surface area contributed by atoms with Crippen LogP contribution in [0, 0.1) is 13.8 Å². The van der Waals surface area contributed by atoms with Crippen LogP contribution < -0.4 is 15.4 Å². The van der Waals surface area contributed by atoms with E-state index in [-0.39, 0.29) is 12.5 Å². The zero-order chi connectivity index (χ0) is 27.3. The summed E-state index contributed by atoms with van der Waals surface area (Å²) in [5.41, 5.74) is 1.75. The largest absolute Gasteiger partial charge is 0.497 e. The molecular formula is C28H39N3O5. The smallest absolute Gasteiger partial charge is 0.408 e. The van der Waals surface area contributed by atoms with Crippen LogP contribution >= 0.6 is 0 Å². The molecule has 0 aromatic heterocycles. The fourth-order valence-corrected chi connectivity index (χ4v) is 3.81. The predicted octanol–water partition coefficient (Wildman–Crippen LogP) is 5.14. The zero-order valence-electron chi connectivity index (χ0n) is 22.8. The topological polar surface area (TPSA) is 97.0 Å². The first kappa shape index (κ1) is 28.7. The summed E-state index contributed by atoms with van der Waals surface area (Å²) in [5.74, 6) is -0.114. The maximum absolute atomic E-state index is 13.8. The van der Waals surface area contributed by atoms with Gasteiger partial charge in [-0.15, -0.1) is 0 Å². The monoisotopic (exact) mass is 497 g/mol.